The molecule has 1 saturated heterocycles. The second-order valence-electron chi connectivity index (χ2n) is 4.77. The van der Waals surface area contributed by atoms with Gasteiger partial charge in [0, 0.05) is 13.0 Å². The molecule has 3 heteroatoms. The van der Waals surface area contributed by atoms with Gasteiger partial charge in [0.15, 0.2) is 0 Å². The van der Waals surface area contributed by atoms with Crippen LogP contribution < -0.4 is 5.32 Å². The number of carbonyl (C=O) groups is 1. The Labute approximate surface area is 107 Å². The normalized spacial score (nSPS) is 14.5. The van der Waals surface area contributed by atoms with Gasteiger partial charge >= 0.3 is 0 Å². The third-order valence-electron chi connectivity index (χ3n) is 2.96. The molecule has 1 amide bonds. The van der Waals surface area contributed by atoms with Crippen LogP contribution in [0.1, 0.15) is 58.8 Å². The van der Waals surface area contributed by atoms with E-state index in [2.05, 4.69) is 24.2 Å². The summed E-state index contributed by atoms with van der Waals surface area (Å²) in [6.45, 7) is 7.55. The summed E-state index contributed by atoms with van der Waals surface area (Å²) in [6, 6.07) is 0. The maximum Gasteiger partial charge on any atom is 0.219 e. The first kappa shape index (κ1) is 16.4. The number of amides is 1. The SMILES string of the molecule is CCCCCCCC(=O)NCC.CN1CCC1. The van der Waals surface area contributed by atoms with Crippen molar-refractivity contribution in [3.8, 4) is 0 Å². The molecule has 0 aromatic heterocycles. The molecule has 0 aromatic rings. The number of nitrogens with zero attached hydrogens (tertiary/aromatic N) is 1. The van der Waals surface area contributed by atoms with Crippen LogP contribution in [0.25, 0.3) is 0 Å². The van der Waals surface area contributed by atoms with Gasteiger partial charge in [-0.15, -0.1) is 0 Å². The van der Waals surface area contributed by atoms with E-state index < -0.39 is 0 Å². The molecule has 0 bridgehead atoms. The predicted octanol–water partition coefficient (Wildman–Crippen LogP) is 2.80. The highest BCUT2D eigenvalue weighted by atomic mass is 16.1. The van der Waals surface area contributed by atoms with E-state index in [9.17, 15) is 4.79 Å². The molecular weight excluding hydrogens is 212 g/mol. The molecule has 17 heavy (non-hydrogen) atoms. The summed E-state index contributed by atoms with van der Waals surface area (Å²) < 4.78 is 0. The molecule has 0 aliphatic carbocycles. The summed E-state index contributed by atoms with van der Waals surface area (Å²) in [5.41, 5.74) is 0. The molecule has 0 atom stereocenters. The number of hydrogen-bond acceptors (Lipinski definition) is 2. The van der Waals surface area contributed by atoms with Crippen LogP contribution in [-0.2, 0) is 4.79 Å². The van der Waals surface area contributed by atoms with Gasteiger partial charge in [-0.1, -0.05) is 32.6 Å². The number of carbonyl (C=O) groups excluding carboxylic acids is 1. The monoisotopic (exact) mass is 242 g/mol. The van der Waals surface area contributed by atoms with E-state index in [1.807, 2.05) is 6.92 Å². The van der Waals surface area contributed by atoms with Gasteiger partial charge in [-0.05, 0) is 39.9 Å². The number of likely N-dealkylation sites (tertiary alicyclic amines) is 1. The fourth-order valence-electron chi connectivity index (χ4n) is 1.65. The minimum absolute atomic E-state index is 0.203. The van der Waals surface area contributed by atoms with Crippen LogP contribution in [-0.4, -0.2) is 37.5 Å². The average Bonchev–Trinajstić information content (AvgIpc) is 2.27. The molecule has 0 aromatic carbocycles. The van der Waals surface area contributed by atoms with Crippen LogP contribution in [0.3, 0.4) is 0 Å². The number of rotatable bonds is 7. The van der Waals surface area contributed by atoms with Gasteiger partial charge in [-0.2, -0.15) is 0 Å². The molecule has 0 spiro atoms. The Morgan fingerprint density at radius 1 is 1.12 bits per heavy atom. The van der Waals surface area contributed by atoms with E-state index in [0.29, 0.717) is 6.42 Å². The third kappa shape index (κ3) is 11.7. The second kappa shape index (κ2) is 11.9. The van der Waals surface area contributed by atoms with Gasteiger partial charge in [-0.25, -0.2) is 0 Å². The summed E-state index contributed by atoms with van der Waals surface area (Å²) in [5.74, 6) is 0.203. The molecule has 1 aliphatic rings. The van der Waals surface area contributed by atoms with Gasteiger partial charge in [0.25, 0.3) is 0 Å². The van der Waals surface area contributed by atoms with Gasteiger partial charge in [-0.3, -0.25) is 4.79 Å². The van der Waals surface area contributed by atoms with Crippen molar-refractivity contribution in [3.63, 3.8) is 0 Å². The smallest absolute Gasteiger partial charge is 0.219 e. The molecule has 1 heterocycles. The molecule has 102 valence electrons. The van der Waals surface area contributed by atoms with Crippen LogP contribution in [0, 0.1) is 0 Å². The highest BCUT2D eigenvalue weighted by Crippen LogP contribution is 2.04. The molecule has 1 aliphatic heterocycles. The highest BCUT2D eigenvalue weighted by molar-refractivity contribution is 5.75. The predicted molar refractivity (Wildman–Crippen MR) is 74.2 cm³/mol. The van der Waals surface area contributed by atoms with Gasteiger partial charge in [0.1, 0.15) is 0 Å². The average molecular weight is 242 g/mol. The van der Waals surface area contributed by atoms with E-state index in [-0.39, 0.29) is 5.91 Å². The largest absolute Gasteiger partial charge is 0.356 e. The van der Waals surface area contributed by atoms with Crippen LogP contribution in [0.5, 0.6) is 0 Å². The fourth-order valence-corrected chi connectivity index (χ4v) is 1.65. The number of hydrogen-bond donors (Lipinski definition) is 1. The van der Waals surface area contributed by atoms with E-state index in [0.717, 1.165) is 13.0 Å². The number of nitrogens with one attached hydrogen (secondary N) is 1. The molecule has 1 rings (SSSR count). The maximum atomic E-state index is 11.0. The Hall–Kier alpha value is -0.570. The van der Waals surface area contributed by atoms with Crippen molar-refractivity contribution in [3.05, 3.63) is 0 Å². The zero-order valence-corrected chi connectivity index (χ0v) is 11.9. The van der Waals surface area contributed by atoms with Crippen LogP contribution in [0.4, 0.5) is 0 Å². The summed E-state index contributed by atoms with van der Waals surface area (Å²) in [6.07, 6.45) is 8.21. The van der Waals surface area contributed by atoms with Gasteiger partial charge in [0.05, 0.1) is 0 Å². The van der Waals surface area contributed by atoms with E-state index in [1.165, 1.54) is 45.2 Å². The standard InChI is InChI=1S/C10H21NO.C4H9N/c1-3-5-6-7-8-9-10(12)11-4-2;1-5-3-2-4-5/h3-9H2,1-2H3,(H,11,12);2-4H2,1H3. The molecule has 1 N–H and O–H groups in total. The van der Waals surface area contributed by atoms with Crippen molar-refractivity contribution in [2.45, 2.75) is 58.8 Å². The zero-order valence-electron chi connectivity index (χ0n) is 11.9. The lowest BCUT2D eigenvalue weighted by molar-refractivity contribution is -0.121. The topological polar surface area (TPSA) is 32.3 Å². The lowest BCUT2D eigenvalue weighted by Crippen LogP contribution is -2.32. The Morgan fingerprint density at radius 3 is 2.12 bits per heavy atom. The number of unbranched alkanes of at least 4 members (excludes halogenated alkanes) is 4. The minimum atomic E-state index is 0.203. The highest BCUT2D eigenvalue weighted by Gasteiger charge is 2.04. The van der Waals surface area contributed by atoms with Crippen LogP contribution >= 0.6 is 0 Å². The molecule has 0 unspecified atom stereocenters. The maximum absolute atomic E-state index is 11.0. The van der Waals surface area contributed by atoms with E-state index >= 15 is 0 Å². The Morgan fingerprint density at radius 2 is 1.71 bits per heavy atom. The lowest BCUT2D eigenvalue weighted by atomic mass is 10.1. The summed E-state index contributed by atoms with van der Waals surface area (Å²) in [7, 11) is 2.14. The van der Waals surface area contributed by atoms with Crippen molar-refractivity contribution in [1.82, 2.24) is 10.2 Å². The quantitative estimate of drug-likeness (QED) is 0.696. The van der Waals surface area contributed by atoms with Crippen molar-refractivity contribution in [1.29, 1.82) is 0 Å². The minimum Gasteiger partial charge on any atom is -0.356 e. The molecule has 1 fully saturated rings. The molecule has 0 saturated carbocycles. The van der Waals surface area contributed by atoms with Crippen molar-refractivity contribution < 1.29 is 4.79 Å². The second-order valence-corrected chi connectivity index (χ2v) is 4.77. The summed E-state index contributed by atoms with van der Waals surface area (Å²) in [4.78, 5) is 13.3. The Kier molecular flexibility index (Phi) is 11.5. The fraction of sp³-hybridized carbons (Fsp3) is 0.929. The van der Waals surface area contributed by atoms with Gasteiger partial charge in [0.2, 0.25) is 5.91 Å². The van der Waals surface area contributed by atoms with Crippen molar-refractivity contribution in [2.24, 2.45) is 0 Å². The zero-order chi connectivity index (χ0) is 12.9. The van der Waals surface area contributed by atoms with Crippen molar-refractivity contribution >= 4 is 5.91 Å². The summed E-state index contributed by atoms with van der Waals surface area (Å²) >= 11 is 0. The van der Waals surface area contributed by atoms with Crippen LogP contribution in [0.15, 0.2) is 0 Å². The molecule has 3 nitrogen and oxygen atoms in total. The molecule has 0 radical (unpaired) electrons. The molecular formula is C14H30N2O. The Bertz CT molecular complexity index is 179. The third-order valence-corrected chi connectivity index (χ3v) is 2.96. The summed E-state index contributed by atoms with van der Waals surface area (Å²) in [5, 5.41) is 2.80. The van der Waals surface area contributed by atoms with Crippen LogP contribution in [0.2, 0.25) is 0 Å². The van der Waals surface area contributed by atoms with E-state index in [1.54, 1.807) is 0 Å². The first-order valence-corrected chi connectivity index (χ1v) is 7.16. The van der Waals surface area contributed by atoms with E-state index in [4.69, 9.17) is 0 Å². The first-order valence-electron chi connectivity index (χ1n) is 7.16. The first-order chi connectivity index (χ1) is 8.20. The van der Waals surface area contributed by atoms with Crippen molar-refractivity contribution in [2.75, 3.05) is 26.7 Å². The lowest BCUT2D eigenvalue weighted by Gasteiger charge is -2.24. The Balaban J connectivity index is 0.000000419. The van der Waals surface area contributed by atoms with Gasteiger partial charge < -0.3 is 10.2 Å².